The highest BCUT2D eigenvalue weighted by Gasteiger charge is 2.38. The summed E-state index contributed by atoms with van der Waals surface area (Å²) in [6.07, 6.45) is 1.11. The molecule has 7 heteroatoms. The van der Waals surface area contributed by atoms with Gasteiger partial charge in [0.1, 0.15) is 0 Å². The van der Waals surface area contributed by atoms with Crippen LogP contribution in [0, 0.1) is 0 Å². The smallest absolute Gasteiger partial charge is 0.349 e. The highest BCUT2D eigenvalue weighted by molar-refractivity contribution is 5.75. The molecule has 2 aromatic carbocycles. The number of hydrogen-bond acceptors (Lipinski definition) is 6. The number of carbonyl (C=O) groups is 1. The summed E-state index contributed by atoms with van der Waals surface area (Å²) in [5.41, 5.74) is 1.27. The van der Waals surface area contributed by atoms with Crippen LogP contribution < -0.4 is 14.2 Å². The van der Waals surface area contributed by atoms with Gasteiger partial charge in [-0.3, -0.25) is 0 Å². The van der Waals surface area contributed by atoms with Gasteiger partial charge in [-0.1, -0.05) is 24.3 Å². The van der Waals surface area contributed by atoms with Gasteiger partial charge in [-0.2, -0.15) is 0 Å². The van der Waals surface area contributed by atoms with E-state index in [1.165, 1.54) is 19.2 Å². The van der Waals surface area contributed by atoms with Gasteiger partial charge in [0.05, 0.1) is 13.7 Å². The molecule has 136 valence electrons. The molecule has 26 heavy (non-hydrogen) atoms. The quantitative estimate of drug-likeness (QED) is 0.753. The molecule has 3 N–H and O–H groups in total. The Morgan fingerprint density at radius 1 is 1.19 bits per heavy atom. The second-order valence-corrected chi connectivity index (χ2v) is 5.64. The van der Waals surface area contributed by atoms with Crippen LogP contribution in [0.15, 0.2) is 42.5 Å². The van der Waals surface area contributed by atoms with Gasteiger partial charge in [-0.25, -0.2) is 4.79 Å². The van der Waals surface area contributed by atoms with Crippen LogP contribution in [0.1, 0.15) is 17.2 Å². The number of rotatable bonds is 5. The molecule has 7 nitrogen and oxygen atoms in total. The maximum atomic E-state index is 11.7. The van der Waals surface area contributed by atoms with E-state index < -0.39 is 18.2 Å². The van der Waals surface area contributed by atoms with E-state index in [4.69, 9.17) is 19.3 Å². The first kappa shape index (κ1) is 17.6. The van der Waals surface area contributed by atoms with Crippen LogP contribution in [0.4, 0.5) is 0 Å². The minimum Gasteiger partial charge on any atom is -0.504 e. The Balaban J connectivity index is 1.99. The van der Waals surface area contributed by atoms with E-state index in [1.54, 1.807) is 36.4 Å². The van der Waals surface area contributed by atoms with Crippen LogP contribution in [-0.4, -0.2) is 41.1 Å². The van der Waals surface area contributed by atoms with Crippen LogP contribution >= 0.6 is 0 Å². The molecule has 1 heterocycles. The molecule has 1 aliphatic rings. The summed E-state index contributed by atoms with van der Waals surface area (Å²) in [5, 5.41) is 28.2. The lowest BCUT2D eigenvalue weighted by Gasteiger charge is -2.32. The fourth-order valence-electron chi connectivity index (χ4n) is 2.70. The molecule has 0 aliphatic carbocycles. The maximum Gasteiger partial charge on any atom is 0.349 e. The van der Waals surface area contributed by atoms with E-state index in [0.29, 0.717) is 17.1 Å². The summed E-state index contributed by atoms with van der Waals surface area (Å²) < 4.78 is 16.6. The minimum absolute atomic E-state index is 0.0586. The number of ether oxygens (including phenoxy) is 3. The van der Waals surface area contributed by atoms with Gasteiger partial charge in [0.15, 0.2) is 29.1 Å². The molecule has 2 aromatic rings. The largest absolute Gasteiger partial charge is 0.504 e. The topological polar surface area (TPSA) is 105 Å². The molecule has 0 fully saturated rings. The number of phenolic OH excluding ortho intramolecular Hbond substituents is 1. The predicted octanol–water partition coefficient (Wildman–Crippen LogP) is 2.37. The Labute approximate surface area is 149 Å². The number of benzene rings is 2. The second-order valence-electron chi connectivity index (χ2n) is 5.64. The van der Waals surface area contributed by atoms with Crippen LogP contribution in [0.25, 0.3) is 6.08 Å². The average molecular weight is 358 g/mol. The number of aromatic hydroxyl groups is 1. The monoisotopic (exact) mass is 358 g/mol. The van der Waals surface area contributed by atoms with Crippen LogP contribution in [-0.2, 0) is 4.79 Å². The summed E-state index contributed by atoms with van der Waals surface area (Å²) >= 11 is 0. The molecule has 0 aromatic heterocycles. The molecule has 2 atom stereocenters. The number of aliphatic hydroxyl groups excluding tert-OH is 1. The number of methoxy groups -OCH3 is 1. The van der Waals surface area contributed by atoms with Crippen molar-refractivity contribution in [2.24, 2.45) is 0 Å². The lowest BCUT2D eigenvalue weighted by atomic mass is 10.0. The maximum absolute atomic E-state index is 11.7. The molecule has 0 unspecified atom stereocenters. The fraction of sp³-hybridized carbons (Fsp3) is 0.211. The SMILES string of the molecule is COc1cc([C@@H]2Oc3cc(/C=C\CO)ccc3O[C@@H]2C(=O)O)ccc1O. The van der Waals surface area contributed by atoms with Crippen molar-refractivity contribution in [1.29, 1.82) is 0 Å². The summed E-state index contributed by atoms with van der Waals surface area (Å²) in [7, 11) is 1.40. The molecule has 3 rings (SSSR count). The van der Waals surface area contributed by atoms with Crippen molar-refractivity contribution in [3.63, 3.8) is 0 Å². The predicted molar refractivity (Wildman–Crippen MR) is 92.6 cm³/mol. The first-order valence-corrected chi connectivity index (χ1v) is 7.88. The van der Waals surface area contributed by atoms with Crippen molar-refractivity contribution in [2.75, 3.05) is 13.7 Å². The third-order valence-corrected chi connectivity index (χ3v) is 3.94. The Morgan fingerprint density at radius 2 is 2.00 bits per heavy atom. The summed E-state index contributed by atoms with van der Waals surface area (Å²) in [5.74, 6) is -0.311. The molecule has 1 aliphatic heterocycles. The molecule has 0 saturated carbocycles. The zero-order valence-corrected chi connectivity index (χ0v) is 14.0. The Kier molecular flexibility index (Phi) is 4.99. The summed E-state index contributed by atoms with van der Waals surface area (Å²) in [6.45, 7) is -0.0918. The number of aliphatic hydroxyl groups is 1. The first-order chi connectivity index (χ1) is 12.5. The first-order valence-electron chi connectivity index (χ1n) is 7.88. The van der Waals surface area contributed by atoms with Crippen molar-refractivity contribution in [3.05, 3.63) is 53.6 Å². The zero-order valence-electron chi connectivity index (χ0n) is 14.0. The van der Waals surface area contributed by atoms with Crippen LogP contribution in [0.5, 0.6) is 23.0 Å². The highest BCUT2D eigenvalue weighted by atomic mass is 16.6. The molecule has 0 amide bonds. The van der Waals surface area contributed by atoms with E-state index in [2.05, 4.69) is 0 Å². The van der Waals surface area contributed by atoms with Gasteiger partial charge in [-0.05, 0) is 29.8 Å². The second kappa shape index (κ2) is 7.37. The van der Waals surface area contributed by atoms with Crippen LogP contribution in [0.3, 0.4) is 0 Å². The third-order valence-electron chi connectivity index (χ3n) is 3.94. The molecule has 0 saturated heterocycles. The number of fused-ring (bicyclic) bond motifs is 1. The third kappa shape index (κ3) is 3.43. The Bertz CT molecular complexity index is 844. The van der Waals surface area contributed by atoms with E-state index in [-0.39, 0.29) is 18.1 Å². The summed E-state index contributed by atoms with van der Waals surface area (Å²) in [4.78, 5) is 11.7. The van der Waals surface area contributed by atoms with E-state index in [9.17, 15) is 15.0 Å². The normalized spacial score (nSPS) is 18.7. The molecular formula is C19H18O7. The lowest BCUT2D eigenvalue weighted by molar-refractivity contribution is -0.151. The number of carboxylic acid groups (broad SMARTS) is 1. The lowest BCUT2D eigenvalue weighted by Crippen LogP contribution is -2.39. The van der Waals surface area contributed by atoms with Crippen molar-refractivity contribution in [2.45, 2.75) is 12.2 Å². The van der Waals surface area contributed by atoms with Crippen molar-refractivity contribution < 1.29 is 34.3 Å². The van der Waals surface area contributed by atoms with Gasteiger partial charge in [-0.15, -0.1) is 0 Å². The van der Waals surface area contributed by atoms with Gasteiger partial charge < -0.3 is 29.5 Å². The molecule has 0 radical (unpaired) electrons. The van der Waals surface area contributed by atoms with Gasteiger partial charge in [0.2, 0.25) is 6.10 Å². The van der Waals surface area contributed by atoms with Crippen molar-refractivity contribution in [1.82, 2.24) is 0 Å². The zero-order chi connectivity index (χ0) is 18.7. The van der Waals surface area contributed by atoms with Gasteiger partial charge >= 0.3 is 5.97 Å². The Morgan fingerprint density at radius 3 is 2.69 bits per heavy atom. The standard InChI is InChI=1S/C19H18O7/c1-24-15-10-12(5-6-13(15)21)17-18(19(22)23)25-14-7-4-11(3-2-8-20)9-16(14)26-17/h2-7,9-10,17-18,20-21H,8H2,1H3,(H,22,23)/b3-2-/t17-,18-/m0/s1. The van der Waals surface area contributed by atoms with E-state index in [1.807, 2.05) is 0 Å². The van der Waals surface area contributed by atoms with Crippen molar-refractivity contribution >= 4 is 12.0 Å². The molecular weight excluding hydrogens is 340 g/mol. The number of carboxylic acids is 1. The van der Waals surface area contributed by atoms with Crippen molar-refractivity contribution in [3.8, 4) is 23.0 Å². The number of phenols is 1. The average Bonchev–Trinajstić information content (AvgIpc) is 2.65. The van der Waals surface area contributed by atoms with E-state index >= 15 is 0 Å². The number of aliphatic carboxylic acids is 1. The molecule has 0 spiro atoms. The Hall–Kier alpha value is -3.19. The van der Waals surface area contributed by atoms with Gasteiger partial charge in [0, 0.05) is 5.56 Å². The number of hydrogen-bond donors (Lipinski definition) is 3. The summed E-state index contributed by atoms with van der Waals surface area (Å²) in [6, 6.07) is 9.53. The van der Waals surface area contributed by atoms with E-state index in [0.717, 1.165) is 5.56 Å². The van der Waals surface area contributed by atoms with Crippen LogP contribution in [0.2, 0.25) is 0 Å². The fourth-order valence-corrected chi connectivity index (χ4v) is 2.70. The minimum atomic E-state index is -1.25. The van der Waals surface area contributed by atoms with Gasteiger partial charge in [0.25, 0.3) is 0 Å². The highest BCUT2D eigenvalue weighted by Crippen LogP contribution is 2.41. The molecule has 0 bridgehead atoms.